The quantitative estimate of drug-likeness (QED) is 0.548. The normalized spacial score (nSPS) is 19.7. The molecule has 1 aliphatic carbocycles. The predicted molar refractivity (Wildman–Crippen MR) is 125 cm³/mol. The molecule has 0 amide bonds. The number of sulfone groups is 1. The number of pyridine rings is 1. The number of ether oxygens (including phenoxy) is 3. The summed E-state index contributed by atoms with van der Waals surface area (Å²) in [5.41, 5.74) is 0.457. The monoisotopic (exact) mass is 507 g/mol. The van der Waals surface area contributed by atoms with Crippen molar-refractivity contribution in [3.05, 3.63) is 44.7 Å². The molecule has 8 nitrogen and oxygen atoms in total. The van der Waals surface area contributed by atoms with Crippen LogP contribution in [0.1, 0.15) is 55.6 Å². The fourth-order valence-corrected chi connectivity index (χ4v) is 6.14. The highest BCUT2D eigenvalue weighted by Gasteiger charge is 2.38. The molecule has 1 aromatic carbocycles. The van der Waals surface area contributed by atoms with Gasteiger partial charge >= 0.3 is 5.97 Å². The Bertz CT molecular complexity index is 1350. The van der Waals surface area contributed by atoms with Crippen LogP contribution in [0.4, 0.5) is 0 Å². The highest BCUT2D eigenvalue weighted by atomic mass is 35.5. The minimum atomic E-state index is -3.77. The molecule has 0 spiro atoms. The maximum Gasteiger partial charge on any atom is 0.344 e. The zero-order valence-electron chi connectivity index (χ0n) is 19.2. The first-order chi connectivity index (χ1) is 16.0. The van der Waals surface area contributed by atoms with Crippen molar-refractivity contribution in [3.8, 4) is 17.0 Å². The molecule has 0 radical (unpaired) electrons. The molecule has 0 atom stereocenters. The van der Waals surface area contributed by atoms with E-state index in [2.05, 4.69) is 0 Å². The Balaban J connectivity index is 1.65. The molecule has 3 heterocycles. The maximum atomic E-state index is 13.4. The summed E-state index contributed by atoms with van der Waals surface area (Å²) in [4.78, 5) is 26.0. The minimum Gasteiger partial charge on any atom is -0.491 e. The van der Waals surface area contributed by atoms with Crippen LogP contribution in [0.5, 0.6) is 5.75 Å². The summed E-state index contributed by atoms with van der Waals surface area (Å²) >= 11 is 6.52. The van der Waals surface area contributed by atoms with Crippen LogP contribution in [0.15, 0.2) is 27.9 Å². The molecule has 10 heteroatoms. The van der Waals surface area contributed by atoms with Crippen LogP contribution < -0.4 is 10.3 Å². The molecule has 34 heavy (non-hydrogen) atoms. The van der Waals surface area contributed by atoms with Crippen molar-refractivity contribution in [1.29, 1.82) is 0 Å². The average molecular weight is 508 g/mol. The molecule has 2 aromatic rings. The molecule has 1 saturated heterocycles. The van der Waals surface area contributed by atoms with Crippen LogP contribution in [0.25, 0.3) is 11.3 Å². The van der Waals surface area contributed by atoms with Gasteiger partial charge in [0.05, 0.1) is 47.3 Å². The number of carbonyl (C=O) groups is 1. The Hall–Kier alpha value is -2.36. The maximum absolute atomic E-state index is 13.4. The summed E-state index contributed by atoms with van der Waals surface area (Å²) in [5, 5.41) is 0.253. The Labute approximate surface area is 202 Å². The largest absolute Gasteiger partial charge is 0.491 e. The van der Waals surface area contributed by atoms with Gasteiger partial charge in [-0.15, -0.1) is 0 Å². The second kappa shape index (κ2) is 8.10. The number of benzene rings is 1. The summed E-state index contributed by atoms with van der Waals surface area (Å²) in [6.45, 7) is 6.88. The second-order valence-electron chi connectivity index (χ2n) is 9.92. The van der Waals surface area contributed by atoms with Crippen molar-refractivity contribution in [2.45, 2.75) is 56.4 Å². The van der Waals surface area contributed by atoms with Gasteiger partial charge < -0.3 is 18.8 Å². The molecular formula is C24H26ClNO7S. The van der Waals surface area contributed by atoms with Gasteiger partial charge in [-0.05, 0) is 44.4 Å². The Morgan fingerprint density at radius 2 is 1.97 bits per heavy atom. The second-order valence-corrected chi connectivity index (χ2v) is 12.3. The van der Waals surface area contributed by atoms with Gasteiger partial charge in [0, 0.05) is 23.1 Å². The van der Waals surface area contributed by atoms with Crippen molar-refractivity contribution in [1.82, 2.24) is 4.57 Å². The lowest BCUT2D eigenvalue weighted by Gasteiger charge is -2.37. The molecule has 1 aromatic heterocycles. The Kier molecular flexibility index (Phi) is 5.57. The molecule has 182 valence electrons. The molecular weight excluding hydrogens is 482 g/mol. The first-order valence-corrected chi connectivity index (χ1v) is 13.3. The van der Waals surface area contributed by atoms with E-state index in [9.17, 15) is 18.0 Å². The number of halogens is 1. The number of fused-ring (bicyclic) bond motifs is 3. The predicted octanol–water partition coefficient (Wildman–Crippen LogP) is 3.77. The summed E-state index contributed by atoms with van der Waals surface area (Å²) < 4.78 is 44.5. The van der Waals surface area contributed by atoms with Crippen LogP contribution in [0, 0.1) is 5.41 Å². The van der Waals surface area contributed by atoms with E-state index in [0.717, 1.165) is 12.8 Å². The van der Waals surface area contributed by atoms with Crippen LogP contribution >= 0.6 is 11.6 Å². The Morgan fingerprint density at radius 1 is 1.26 bits per heavy atom. The molecule has 2 aliphatic heterocycles. The van der Waals surface area contributed by atoms with Gasteiger partial charge in [0.2, 0.25) is 0 Å². The fraction of sp³-hybridized carbons (Fsp3) is 0.500. The number of carbonyl (C=O) groups excluding carboxylic acids is 1. The summed E-state index contributed by atoms with van der Waals surface area (Å²) in [7, 11) is -3.77. The number of hydrogen-bond donors (Lipinski definition) is 0. The van der Waals surface area contributed by atoms with Crippen molar-refractivity contribution in [3.63, 3.8) is 0 Å². The van der Waals surface area contributed by atoms with Crippen LogP contribution in [0.3, 0.4) is 0 Å². The third kappa shape index (κ3) is 4.03. The first-order valence-electron chi connectivity index (χ1n) is 11.3. The zero-order valence-corrected chi connectivity index (χ0v) is 20.8. The standard InChI is InChI=1S/C24H26ClNO7S/c1-13(2)33-23(28)17-6-14-9-34(29,30)20-8-19(32-12-24(3)10-31-11-24)18(25)7-16(20)21(14)26(22(17)27)15-4-5-15/h6-8,13,15H,4-5,9-12H2,1-3H3. The fourth-order valence-electron chi connectivity index (χ4n) is 4.36. The minimum absolute atomic E-state index is 0.0701. The van der Waals surface area contributed by atoms with Gasteiger partial charge in [0.15, 0.2) is 9.84 Å². The van der Waals surface area contributed by atoms with Gasteiger partial charge in [-0.1, -0.05) is 18.5 Å². The van der Waals surface area contributed by atoms with Gasteiger partial charge in [-0.2, -0.15) is 0 Å². The smallest absolute Gasteiger partial charge is 0.344 e. The third-order valence-electron chi connectivity index (χ3n) is 6.23. The lowest BCUT2D eigenvalue weighted by Crippen LogP contribution is -2.44. The Morgan fingerprint density at radius 3 is 2.56 bits per heavy atom. The van der Waals surface area contributed by atoms with Gasteiger partial charge in [-0.3, -0.25) is 4.79 Å². The van der Waals surface area contributed by atoms with Gasteiger partial charge in [0.1, 0.15) is 11.3 Å². The first kappa shape index (κ1) is 23.4. The molecule has 3 aliphatic rings. The number of esters is 1. The van der Waals surface area contributed by atoms with E-state index in [1.54, 1.807) is 24.5 Å². The lowest BCUT2D eigenvalue weighted by atomic mass is 9.90. The molecule has 1 saturated carbocycles. The van der Waals surface area contributed by atoms with E-state index in [-0.39, 0.29) is 38.4 Å². The van der Waals surface area contributed by atoms with E-state index in [4.69, 9.17) is 25.8 Å². The average Bonchev–Trinajstić information content (AvgIpc) is 3.55. The summed E-state index contributed by atoms with van der Waals surface area (Å²) in [5.74, 6) is -0.814. The molecule has 2 fully saturated rings. The van der Waals surface area contributed by atoms with Crippen molar-refractivity contribution >= 4 is 27.4 Å². The van der Waals surface area contributed by atoms with Gasteiger partial charge in [-0.25, -0.2) is 13.2 Å². The van der Waals surface area contributed by atoms with E-state index >= 15 is 0 Å². The van der Waals surface area contributed by atoms with E-state index in [1.165, 1.54) is 12.1 Å². The molecule has 5 rings (SSSR count). The van der Waals surface area contributed by atoms with Crippen molar-refractivity contribution in [2.24, 2.45) is 5.41 Å². The molecule has 0 N–H and O–H groups in total. The number of hydrogen-bond acceptors (Lipinski definition) is 7. The summed E-state index contributed by atoms with van der Waals surface area (Å²) in [6.07, 6.45) is 1.13. The molecule has 0 unspecified atom stereocenters. The lowest BCUT2D eigenvalue weighted by molar-refractivity contribution is -0.120. The third-order valence-corrected chi connectivity index (χ3v) is 8.23. The van der Waals surface area contributed by atoms with Crippen LogP contribution in [-0.4, -0.2) is 44.9 Å². The van der Waals surface area contributed by atoms with E-state index in [0.29, 0.717) is 36.6 Å². The van der Waals surface area contributed by atoms with Crippen LogP contribution in [0.2, 0.25) is 5.02 Å². The summed E-state index contributed by atoms with van der Waals surface area (Å²) in [6, 6.07) is 4.25. The van der Waals surface area contributed by atoms with E-state index < -0.39 is 27.5 Å². The zero-order chi connectivity index (χ0) is 24.4. The van der Waals surface area contributed by atoms with Crippen molar-refractivity contribution < 1.29 is 27.4 Å². The topological polar surface area (TPSA) is 101 Å². The van der Waals surface area contributed by atoms with Crippen molar-refractivity contribution in [2.75, 3.05) is 19.8 Å². The van der Waals surface area contributed by atoms with Gasteiger partial charge in [0.25, 0.3) is 5.56 Å². The highest BCUT2D eigenvalue weighted by Crippen LogP contribution is 2.46. The SMILES string of the molecule is CC(C)OC(=O)c1cc2c(n(C3CC3)c1=O)-c1cc(Cl)c(OCC3(C)COC3)cc1S(=O)(=O)C2. The number of nitrogens with zero attached hydrogens (tertiary/aromatic N) is 1. The number of rotatable bonds is 6. The molecule has 0 bridgehead atoms. The highest BCUT2D eigenvalue weighted by molar-refractivity contribution is 7.90. The number of aromatic nitrogens is 1. The van der Waals surface area contributed by atoms with E-state index in [1.807, 2.05) is 6.92 Å². The van der Waals surface area contributed by atoms with Crippen LogP contribution in [-0.2, 0) is 25.1 Å².